The molecule has 4 rings (SSSR count). The van der Waals surface area contributed by atoms with Crippen LogP contribution in [0, 0.1) is 0 Å². The second kappa shape index (κ2) is 8.41. The zero-order chi connectivity index (χ0) is 19.3. The Kier molecular flexibility index (Phi) is 5.55. The first-order valence-electron chi connectivity index (χ1n) is 9.54. The van der Waals surface area contributed by atoms with Crippen molar-refractivity contribution in [3.63, 3.8) is 0 Å². The first-order chi connectivity index (χ1) is 13.7. The van der Waals surface area contributed by atoms with E-state index in [-0.39, 0.29) is 0 Å². The lowest BCUT2D eigenvalue weighted by Crippen LogP contribution is -2.40. The molecule has 0 fully saturated rings. The Labute approximate surface area is 164 Å². The van der Waals surface area contributed by atoms with Gasteiger partial charge >= 0.3 is 0 Å². The van der Waals surface area contributed by atoms with Gasteiger partial charge in [-0.3, -0.25) is 15.3 Å². The Morgan fingerprint density at radius 2 is 1.89 bits per heavy atom. The highest BCUT2D eigenvalue weighted by Crippen LogP contribution is 2.30. The van der Waals surface area contributed by atoms with Crippen LogP contribution >= 0.6 is 0 Å². The molecule has 3 aromatic rings. The van der Waals surface area contributed by atoms with Crippen molar-refractivity contribution in [2.75, 3.05) is 18.5 Å². The molecule has 0 amide bonds. The third-order valence-electron chi connectivity index (χ3n) is 4.86. The van der Waals surface area contributed by atoms with Crippen molar-refractivity contribution in [3.05, 3.63) is 65.7 Å². The third kappa shape index (κ3) is 4.16. The first kappa shape index (κ1) is 18.5. The number of pyridine rings is 2. The Bertz CT molecular complexity index is 919. The van der Waals surface area contributed by atoms with Crippen molar-refractivity contribution in [3.8, 4) is 11.5 Å². The number of aryl methyl sites for hydroxylation is 1. The highest BCUT2D eigenvalue weighted by Gasteiger charge is 2.23. The normalized spacial score (nSPS) is 13.9. The van der Waals surface area contributed by atoms with Gasteiger partial charge in [0.05, 0.1) is 12.2 Å². The van der Waals surface area contributed by atoms with Crippen molar-refractivity contribution >= 4 is 5.82 Å². The quantitative estimate of drug-likeness (QED) is 0.610. The van der Waals surface area contributed by atoms with Crippen LogP contribution in [0.15, 0.2) is 48.8 Å². The van der Waals surface area contributed by atoms with Gasteiger partial charge in [0.15, 0.2) is 5.82 Å². The Morgan fingerprint density at radius 1 is 1.07 bits per heavy atom. The van der Waals surface area contributed by atoms with Crippen LogP contribution in [0.1, 0.15) is 23.4 Å². The van der Waals surface area contributed by atoms with E-state index >= 15 is 0 Å². The van der Waals surface area contributed by atoms with Gasteiger partial charge in [0, 0.05) is 37.2 Å². The molecule has 1 unspecified atom stereocenters. The summed E-state index contributed by atoms with van der Waals surface area (Å²) in [6.45, 7) is 0.925. The van der Waals surface area contributed by atoms with Crippen LogP contribution in [0.2, 0.25) is 0 Å². The van der Waals surface area contributed by atoms with Gasteiger partial charge < -0.3 is 10.0 Å². The number of nitrogens with one attached hydrogen (secondary N) is 1. The summed E-state index contributed by atoms with van der Waals surface area (Å²) in [7, 11) is 1.95. The van der Waals surface area contributed by atoms with E-state index in [2.05, 4.69) is 15.3 Å². The van der Waals surface area contributed by atoms with Gasteiger partial charge in [0.2, 0.25) is 0 Å². The van der Waals surface area contributed by atoms with E-state index in [9.17, 15) is 5.11 Å². The van der Waals surface area contributed by atoms with Crippen molar-refractivity contribution < 1.29 is 5.11 Å². The average Bonchev–Trinajstić information content (AvgIpc) is 3.21. The Balaban J connectivity index is 1.50. The SMILES string of the molecule is CN(CC(O)NCc1ccccn1)c1nc(-c2ccccn2)nc2c1CCC2. The number of likely N-dealkylation sites (N-methyl/N-ethyl adjacent to an activating group) is 1. The summed E-state index contributed by atoms with van der Waals surface area (Å²) in [5, 5.41) is 13.6. The van der Waals surface area contributed by atoms with Gasteiger partial charge in [-0.05, 0) is 43.5 Å². The second-order valence-corrected chi connectivity index (χ2v) is 6.96. The summed E-state index contributed by atoms with van der Waals surface area (Å²) in [5.74, 6) is 1.51. The lowest BCUT2D eigenvalue weighted by Gasteiger charge is -2.24. The maximum absolute atomic E-state index is 10.4. The average molecular weight is 376 g/mol. The number of anilines is 1. The van der Waals surface area contributed by atoms with Crippen LogP contribution in [-0.2, 0) is 19.4 Å². The summed E-state index contributed by atoms with van der Waals surface area (Å²) < 4.78 is 0. The fraction of sp³-hybridized carbons (Fsp3) is 0.333. The van der Waals surface area contributed by atoms with E-state index in [0.29, 0.717) is 18.9 Å². The van der Waals surface area contributed by atoms with E-state index in [1.165, 1.54) is 5.56 Å². The van der Waals surface area contributed by atoms with E-state index < -0.39 is 6.23 Å². The van der Waals surface area contributed by atoms with Crippen LogP contribution < -0.4 is 10.2 Å². The zero-order valence-corrected chi connectivity index (χ0v) is 15.9. The molecule has 0 radical (unpaired) electrons. The minimum absolute atomic E-state index is 0.415. The molecule has 3 heterocycles. The zero-order valence-electron chi connectivity index (χ0n) is 15.9. The van der Waals surface area contributed by atoms with E-state index in [1.807, 2.05) is 48.3 Å². The van der Waals surface area contributed by atoms with Crippen molar-refractivity contribution in [2.24, 2.45) is 0 Å². The molecular formula is C21H24N6O. The van der Waals surface area contributed by atoms with Crippen molar-refractivity contribution in [1.29, 1.82) is 0 Å². The minimum atomic E-state index is -0.697. The van der Waals surface area contributed by atoms with Crippen molar-refractivity contribution in [1.82, 2.24) is 25.3 Å². The molecule has 1 aliphatic carbocycles. The lowest BCUT2D eigenvalue weighted by molar-refractivity contribution is 0.141. The van der Waals surface area contributed by atoms with Crippen LogP contribution in [-0.4, -0.2) is 44.9 Å². The topological polar surface area (TPSA) is 87.1 Å². The number of fused-ring (bicyclic) bond motifs is 1. The fourth-order valence-corrected chi connectivity index (χ4v) is 3.47. The summed E-state index contributed by atoms with van der Waals surface area (Å²) in [6, 6.07) is 11.5. The number of aromatic nitrogens is 4. The van der Waals surface area contributed by atoms with Crippen LogP contribution in [0.4, 0.5) is 5.82 Å². The number of hydrogen-bond acceptors (Lipinski definition) is 7. The molecule has 0 spiro atoms. The molecule has 0 bridgehead atoms. The van der Waals surface area contributed by atoms with Gasteiger partial charge in [-0.2, -0.15) is 0 Å². The molecule has 144 valence electrons. The molecule has 7 nitrogen and oxygen atoms in total. The molecule has 0 saturated heterocycles. The third-order valence-corrected chi connectivity index (χ3v) is 4.86. The van der Waals surface area contributed by atoms with Gasteiger partial charge in [0.1, 0.15) is 17.7 Å². The highest BCUT2D eigenvalue weighted by atomic mass is 16.3. The van der Waals surface area contributed by atoms with Crippen molar-refractivity contribution in [2.45, 2.75) is 32.0 Å². The van der Waals surface area contributed by atoms with E-state index in [0.717, 1.165) is 42.2 Å². The van der Waals surface area contributed by atoms with Crippen LogP contribution in [0.5, 0.6) is 0 Å². The predicted molar refractivity (Wildman–Crippen MR) is 108 cm³/mol. The number of aliphatic hydroxyl groups excluding tert-OH is 1. The molecule has 28 heavy (non-hydrogen) atoms. The largest absolute Gasteiger partial charge is 0.377 e. The number of aliphatic hydroxyl groups is 1. The number of nitrogens with zero attached hydrogens (tertiary/aromatic N) is 5. The van der Waals surface area contributed by atoms with Gasteiger partial charge in [-0.25, -0.2) is 9.97 Å². The molecule has 2 N–H and O–H groups in total. The summed E-state index contributed by atoms with van der Waals surface area (Å²) in [4.78, 5) is 20.2. The molecule has 1 atom stereocenters. The van der Waals surface area contributed by atoms with Gasteiger partial charge in [-0.15, -0.1) is 0 Å². The molecule has 7 heteroatoms. The van der Waals surface area contributed by atoms with Crippen LogP contribution in [0.3, 0.4) is 0 Å². The van der Waals surface area contributed by atoms with Crippen LogP contribution in [0.25, 0.3) is 11.5 Å². The number of rotatable bonds is 7. The predicted octanol–water partition coefficient (Wildman–Crippen LogP) is 1.97. The fourth-order valence-electron chi connectivity index (χ4n) is 3.47. The Hall–Kier alpha value is -2.90. The Morgan fingerprint density at radius 3 is 2.64 bits per heavy atom. The first-order valence-corrected chi connectivity index (χ1v) is 9.54. The highest BCUT2D eigenvalue weighted by molar-refractivity contribution is 5.58. The molecule has 3 aromatic heterocycles. The number of hydrogen-bond donors (Lipinski definition) is 2. The minimum Gasteiger partial charge on any atom is -0.377 e. The van der Waals surface area contributed by atoms with E-state index in [4.69, 9.17) is 9.97 Å². The summed E-state index contributed by atoms with van der Waals surface area (Å²) >= 11 is 0. The second-order valence-electron chi connectivity index (χ2n) is 6.96. The molecule has 0 saturated carbocycles. The summed E-state index contributed by atoms with van der Waals surface area (Å²) in [5.41, 5.74) is 3.93. The van der Waals surface area contributed by atoms with Gasteiger partial charge in [0.25, 0.3) is 0 Å². The molecular weight excluding hydrogens is 352 g/mol. The van der Waals surface area contributed by atoms with Gasteiger partial charge in [-0.1, -0.05) is 12.1 Å². The smallest absolute Gasteiger partial charge is 0.180 e. The van der Waals surface area contributed by atoms with E-state index in [1.54, 1.807) is 12.4 Å². The standard InChI is InChI=1S/C21H24N6O/c1-27(14-19(28)24-13-15-7-2-4-11-22-15)21-16-8-6-10-17(16)25-20(26-21)18-9-3-5-12-23-18/h2-5,7,9,11-12,19,24,28H,6,8,10,13-14H2,1H3. The maximum Gasteiger partial charge on any atom is 0.180 e. The molecule has 0 aliphatic heterocycles. The lowest BCUT2D eigenvalue weighted by atomic mass is 10.2. The monoisotopic (exact) mass is 376 g/mol. The maximum atomic E-state index is 10.4. The summed E-state index contributed by atoms with van der Waals surface area (Å²) in [6.07, 6.45) is 5.81. The molecule has 1 aliphatic rings. The molecule has 0 aromatic carbocycles.